The second-order valence-corrected chi connectivity index (χ2v) is 8.78. The molecule has 1 fully saturated rings. The van der Waals surface area contributed by atoms with Crippen molar-refractivity contribution in [2.24, 2.45) is 0 Å². The van der Waals surface area contributed by atoms with Gasteiger partial charge in [0.1, 0.15) is 6.04 Å². The third-order valence-corrected chi connectivity index (χ3v) is 6.62. The van der Waals surface area contributed by atoms with Crippen LogP contribution in [0.5, 0.6) is 11.5 Å². The monoisotopic (exact) mass is 460 g/mol. The van der Waals surface area contributed by atoms with E-state index in [2.05, 4.69) is 5.32 Å². The van der Waals surface area contributed by atoms with Gasteiger partial charge in [0.15, 0.2) is 11.5 Å². The van der Waals surface area contributed by atoms with Gasteiger partial charge in [0.25, 0.3) is 5.91 Å². The lowest BCUT2D eigenvalue weighted by molar-refractivity contribution is -0.127. The van der Waals surface area contributed by atoms with E-state index in [0.29, 0.717) is 28.5 Å². The highest BCUT2D eigenvalue weighted by Crippen LogP contribution is 2.33. The maximum atomic E-state index is 13.6. The van der Waals surface area contributed by atoms with Crippen LogP contribution in [0.2, 0.25) is 0 Å². The number of rotatable bonds is 10. The SMILES string of the molecule is COCCN(C(=O)c1cccs1)[C@@H](C(=O)NC1CCCCC1)c1ccc(OC)c(OC)c1. The largest absolute Gasteiger partial charge is 0.493 e. The fourth-order valence-corrected chi connectivity index (χ4v) is 4.78. The number of nitrogens with zero attached hydrogens (tertiary/aromatic N) is 1. The Balaban J connectivity index is 2.00. The van der Waals surface area contributed by atoms with Crippen LogP contribution in [0.15, 0.2) is 35.7 Å². The van der Waals surface area contributed by atoms with E-state index in [4.69, 9.17) is 14.2 Å². The zero-order chi connectivity index (χ0) is 22.9. The van der Waals surface area contributed by atoms with Crippen molar-refractivity contribution in [3.63, 3.8) is 0 Å². The van der Waals surface area contributed by atoms with Gasteiger partial charge in [0.2, 0.25) is 5.91 Å². The third-order valence-electron chi connectivity index (χ3n) is 5.76. The molecule has 2 amide bonds. The predicted molar refractivity (Wildman–Crippen MR) is 125 cm³/mol. The van der Waals surface area contributed by atoms with Gasteiger partial charge in [-0.25, -0.2) is 0 Å². The first-order valence-corrected chi connectivity index (χ1v) is 11.8. The molecule has 0 bridgehead atoms. The van der Waals surface area contributed by atoms with Crippen molar-refractivity contribution >= 4 is 23.2 Å². The first-order chi connectivity index (χ1) is 15.6. The molecule has 174 valence electrons. The van der Waals surface area contributed by atoms with Crippen molar-refractivity contribution in [3.8, 4) is 11.5 Å². The number of hydrogen-bond donors (Lipinski definition) is 1. The Hall–Kier alpha value is -2.58. The lowest BCUT2D eigenvalue weighted by Crippen LogP contribution is -2.47. The van der Waals surface area contributed by atoms with Crippen molar-refractivity contribution < 1.29 is 23.8 Å². The Morgan fingerprint density at radius 1 is 1.09 bits per heavy atom. The van der Waals surface area contributed by atoms with E-state index < -0.39 is 6.04 Å². The molecule has 0 spiro atoms. The number of nitrogens with one attached hydrogen (secondary N) is 1. The molecular formula is C24H32N2O5S. The molecule has 0 unspecified atom stereocenters. The summed E-state index contributed by atoms with van der Waals surface area (Å²) < 4.78 is 16.1. The minimum atomic E-state index is -0.818. The van der Waals surface area contributed by atoms with Gasteiger partial charge < -0.3 is 24.4 Å². The number of amides is 2. The van der Waals surface area contributed by atoms with Crippen molar-refractivity contribution in [3.05, 3.63) is 46.2 Å². The van der Waals surface area contributed by atoms with E-state index in [1.165, 1.54) is 17.8 Å². The molecule has 2 aromatic rings. The normalized spacial score (nSPS) is 15.1. The Labute approximate surface area is 193 Å². The Morgan fingerprint density at radius 3 is 2.47 bits per heavy atom. The van der Waals surface area contributed by atoms with Crippen molar-refractivity contribution in [2.75, 3.05) is 34.5 Å². The lowest BCUT2D eigenvalue weighted by atomic mass is 9.94. The lowest BCUT2D eigenvalue weighted by Gasteiger charge is -2.33. The Morgan fingerprint density at radius 2 is 1.84 bits per heavy atom. The highest BCUT2D eigenvalue weighted by molar-refractivity contribution is 7.12. The number of ether oxygens (including phenoxy) is 3. The van der Waals surface area contributed by atoms with Crippen LogP contribution in [0.4, 0.5) is 0 Å². The minimum absolute atomic E-state index is 0.125. The summed E-state index contributed by atoms with van der Waals surface area (Å²) in [5.41, 5.74) is 0.664. The second kappa shape index (κ2) is 11.9. The van der Waals surface area contributed by atoms with Gasteiger partial charge >= 0.3 is 0 Å². The summed E-state index contributed by atoms with van der Waals surface area (Å²) in [5.74, 6) is 0.687. The highest BCUT2D eigenvalue weighted by Gasteiger charge is 2.34. The van der Waals surface area contributed by atoms with Gasteiger partial charge in [-0.05, 0) is 42.0 Å². The number of hydrogen-bond acceptors (Lipinski definition) is 6. The summed E-state index contributed by atoms with van der Waals surface area (Å²) in [6, 6.07) is 8.26. The molecule has 1 atom stereocenters. The summed E-state index contributed by atoms with van der Waals surface area (Å²) in [4.78, 5) is 29.2. The maximum Gasteiger partial charge on any atom is 0.264 e. The molecule has 8 heteroatoms. The quantitative estimate of drug-likeness (QED) is 0.579. The third kappa shape index (κ3) is 5.81. The van der Waals surface area contributed by atoms with Gasteiger partial charge in [-0.2, -0.15) is 0 Å². The van der Waals surface area contributed by atoms with E-state index in [1.54, 1.807) is 44.4 Å². The van der Waals surface area contributed by atoms with E-state index in [-0.39, 0.29) is 24.4 Å². The Bertz CT molecular complexity index is 881. The second-order valence-electron chi connectivity index (χ2n) is 7.83. The maximum absolute atomic E-state index is 13.6. The molecule has 32 heavy (non-hydrogen) atoms. The van der Waals surface area contributed by atoms with Crippen molar-refractivity contribution in [2.45, 2.75) is 44.2 Å². The number of methoxy groups -OCH3 is 3. The van der Waals surface area contributed by atoms with Crippen LogP contribution in [-0.2, 0) is 9.53 Å². The van der Waals surface area contributed by atoms with E-state index >= 15 is 0 Å². The van der Waals surface area contributed by atoms with Crippen LogP contribution in [0.1, 0.15) is 53.4 Å². The molecule has 1 aliphatic rings. The van der Waals surface area contributed by atoms with Crippen molar-refractivity contribution in [1.29, 1.82) is 0 Å². The average Bonchev–Trinajstić information content (AvgIpc) is 3.36. The smallest absolute Gasteiger partial charge is 0.264 e. The van der Waals surface area contributed by atoms with E-state index in [9.17, 15) is 9.59 Å². The summed E-state index contributed by atoms with van der Waals surface area (Å²) >= 11 is 1.36. The van der Waals surface area contributed by atoms with Gasteiger partial charge in [0, 0.05) is 19.7 Å². The molecule has 0 aliphatic heterocycles. The zero-order valence-corrected chi connectivity index (χ0v) is 19.8. The molecule has 7 nitrogen and oxygen atoms in total. The highest BCUT2D eigenvalue weighted by atomic mass is 32.1. The topological polar surface area (TPSA) is 77.1 Å². The standard InChI is InChI=1S/C24H32N2O5S/c1-29-14-13-26(24(28)21-10-7-15-32-21)22(23(27)25-18-8-5-4-6-9-18)17-11-12-19(30-2)20(16-17)31-3/h7,10-12,15-16,18,22H,4-6,8-9,13-14H2,1-3H3,(H,25,27)/t22-/m1/s1. The molecule has 1 heterocycles. The molecule has 0 saturated heterocycles. The first kappa shape index (κ1) is 24.1. The molecule has 1 saturated carbocycles. The van der Waals surface area contributed by atoms with Gasteiger partial charge in [0.05, 0.1) is 25.7 Å². The molecule has 1 aromatic heterocycles. The summed E-state index contributed by atoms with van der Waals surface area (Å²) in [7, 11) is 4.70. The fourth-order valence-electron chi connectivity index (χ4n) is 4.10. The minimum Gasteiger partial charge on any atom is -0.493 e. The van der Waals surface area contributed by atoms with Crippen LogP contribution in [0.3, 0.4) is 0 Å². The molecule has 1 aliphatic carbocycles. The molecule has 0 radical (unpaired) electrons. The van der Waals surface area contributed by atoms with Crippen LogP contribution in [-0.4, -0.2) is 57.2 Å². The van der Waals surface area contributed by atoms with Crippen molar-refractivity contribution in [1.82, 2.24) is 10.2 Å². The number of carbonyl (C=O) groups is 2. The van der Waals surface area contributed by atoms with Gasteiger partial charge in [-0.15, -0.1) is 11.3 Å². The number of carbonyl (C=O) groups excluding carboxylic acids is 2. The molecule has 1 N–H and O–H groups in total. The average molecular weight is 461 g/mol. The summed E-state index contributed by atoms with van der Waals surface area (Å²) in [5, 5.41) is 5.05. The van der Waals surface area contributed by atoms with E-state index in [1.807, 2.05) is 17.5 Å². The van der Waals surface area contributed by atoms with Crippen LogP contribution >= 0.6 is 11.3 Å². The summed E-state index contributed by atoms with van der Waals surface area (Å²) in [6.07, 6.45) is 5.33. The van der Waals surface area contributed by atoms with Crippen LogP contribution < -0.4 is 14.8 Å². The van der Waals surface area contributed by atoms with Gasteiger partial charge in [-0.3, -0.25) is 9.59 Å². The van der Waals surface area contributed by atoms with Crippen LogP contribution in [0, 0.1) is 0 Å². The van der Waals surface area contributed by atoms with Crippen LogP contribution in [0.25, 0.3) is 0 Å². The Kier molecular flexibility index (Phi) is 8.93. The molecule has 1 aromatic carbocycles. The van der Waals surface area contributed by atoms with E-state index in [0.717, 1.165) is 25.7 Å². The summed E-state index contributed by atoms with van der Waals surface area (Å²) in [6.45, 7) is 0.599. The zero-order valence-electron chi connectivity index (χ0n) is 19.0. The van der Waals surface area contributed by atoms with Gasteiger partial charge in [-0.1, -0.05) is 31.4 Å². The molecular weight excluding hydrogens is 428 g/mol. The number of thiophene rings is 1. The first-order valence-electron chi connectivity index (χ1n) is 10.9. The predicted octanol–water partition coefficient (Wildman–Crippen LogP) is 4.04. The number of benzene rings is 1. The molecule has 3 rings (SSSR count). The fraction of sp³-hybridized carbons (Fsp3) is 0.500.